The van der Waals surface area contributed by atoms with Gasteiger partial charge in [-0.25, -0.2) is 0 Å². The van der Waals surface area contributed by atoms with Crippen LogP contribution in [0.2, 0.25) is 0 Å². The highest BCUT2D eigenvalue weighted by Gasteiger charge is 2.21. The van der Waals surface area contributed by atoms with Crippen molar-refractivity contribution in [3.05, 3.63) is 60.2 Å². The second kappa shape index (κ2) is 11.5. The largest absolute Gasteiger partial charge is 0.508 e. The summed E-state index contributed by atoms with van der Waals surface area (Å²) in [4.78, 5) is 12.9. The highest BCUT2D eigenvalue weighted by Crippen LogP contribution is 2.42. The molecule has 0 radical (unpaired) electrons. The number of carbonyl (C=O) groups excluding carboxylic acids is 1. The molecule has 0 saturated heterocycles. The zero-order valence-electron chi connectivity index (χ0n) is 21.4. The van der Waals surface area contributed by atoms with Crippen LogP contribution in [0.4, 0.5) is 5.69 Å². The number of carbonyl (C=O) groups is 1. The number of amides is 1. The van der Waals surface area contributed by atoms with E-state index in [1.165, 1.54) is 28.4 Å². The van der Waals surface area contributed by atoms with Gasteiger partial charge in [0.2, 0.25) is 11.7 Å². The number of aromatic amines is 1. The van der Waals surface area contributed by atoms with Gasteiger partial charge in [0.05, 0.1) is 40.2 Å². The van der Waals surface area contributed by atoms with Crippen molar-refractivity contribution in [3.63, 3.8) is 0 Å². The molecule has 0 spiro atoms. The second-order valence-electron chi connectivity index (χ2n) is 8.32. The van der Waals surface area contributed by atoms with Crippen molar-refractivity contribution in [1.29, 1.82) is 0 Å². The number of hydrogen-bond donors (Lipinski definition) is 4. The zero-order valence-corrected chi connectivity index (χ0v) is 21.4. The van der Waals surface area contributed by atoms with Crippen LogP contribution in [0.3, 0.4) is 0 Å². The summed E-state index contributed by atoms with van der Waals surface area (Å²) in [6.45, 7) is 0. The van der Waals surface area contributed by atoms with E-state index in [2.05, 4.69) is 20.7 Å². The molecule has 0 aliphatic heterocycles. The Kier molecular flexibility index (Phi) is 7.97. The monoisotopic (exact) mass is 519 g/mol. The normalized spacial score (nSPS) is 11.5. The molecule has 1 amide bonds. The van der Waals surface area contributed by atoms with Crippen LogP contribution in [-0.4, -0.2) is 60.9 Å². The quantitative estimate of drug-likeness (QED) is 0.247. The van der Waals surface area contributed by atoms with Gasteiger partial charge in [-0.1, -0.05) is 12.1 Å². The molecule has 1 heterocycles. The smallest absolute Gasteiger partial charge is 0.241 e. The fourth-order valence-corrected chi connectivity index (χ4v) is 4.01. The molecule has 0 aliphatic carbocycles. The van der Waals surface area contributed by atoms with Crippen molar-refractivity contribution < 1.29 is 28.8 Å². The van der Waals surface area contributed by atoms with Gasteiger partial charge in [-0.05, 0) is 54.4 Å². The lowest BCUT2D eigenvalue weighted by atomic mass is 10.0. The summed E-state index contributed by atoms with van der Waals surface area (Å²) < 4.78 is 21.8. The van der Waals surface area contributed by atoms with Crippen molar-refractivity contribution in [2.24, 2.45) is 5.73 Å². The first kappa shape index (κ1) is 26.3. The lowest BCUT2D eigenvalue weighted by Crippen LogP contribution is -2.37. The Morgan fingerprint density at radius 1 is 0.868 bits per heavy atom. The summed E-state index contributed by atoms with van der Waals surface area (Å²) in [6.07, 6.45) is 0.294. The van der Waals surface area contributed by atoms with E-state index in [-0.39, 0.29) is 5.75 Å². The van der Waals surface area contributed by atoms with Gasteiger partial charge in [-0.2, -0.15) is 15.4 Å². The van der Waals surface area contributed by atoms with Crippen molar-refractivity contribution in [2.75, 3.05) is 33.8 Å². The van der Waals surface area contributed by atoms with Crippen LogP contribution in [-0.2, 0) is 11.2 Å². The minimum atomic E-state index is -0.824. The van der Waals surface area contributed by atoms with Gasteiger partial charge in [-0.3, -0.25) is 4.79 Å². The van der Waals surface area contributed by atoms with Gasteiger partial charge >= 0.3 is 0 Å². The zero-order chi connectivity index (χ0) is 27.2. The third kappa shape index (κ3) is 5.47. The molecule has 1 atom stereocenters. The van der Waals surface area contributed by atoms with E-state index in [9.17, 15) is 9.90 Å². The van der Waals surface area contributed by atoms with Crippen molar-refractivity contribution in [3.8, 4) is 51.3 Å². The average molecular weight is 520 g/mol. The molecule has 1 unspecified atom stereocenters. The van der Waals surface area contributed by atoms with Gasteiger partial charge < -0.3 is 35.1 Å². The lowest BCUT2D eigenvalue weighted by molar-refractivity contribution is -0.117. The number of benzene rings is 3. The molecular formula is C27H29N5O6. The number of hydrogen-bond acceptors (Lipinski definition) is 9. The standard InChI is InChI=1S/C27H29N5O6/c1-35-21-10-7-16(12-20(21)29-27(34)19(28)11-15-5-8-18(33)9-6-15)24-25(31-32-30-24)17-13-22(36-2)26(38-4)23(14-17)37-3/h5-10,12-14,19,33H,11,28H2,1-4H3,(H,29,34)(H,30,31,32). The van der Waals surface area contributed by atoms with Crippen LogP contribution in [0.5, 0.6) is 28.7 Å². The Labute approximate surface area is 219 Å². The number of phenolic OH excluding ortho intramolecular Hbond substituents is 1. The first-order valence-corrected chi connectivity index (χ1v) is 11.6. The molecule has 4 rings (SSSR count). The Morgan fingerprint density at radius 3 is 2.05 bits per heavy atom. The molecule has 4 aromatic rings. The molecule has 3 aromatic carbocycles. The minimum absolute atomic E-state index is 0.145. The number of phenols is 1. The average Bonchev–Trinajstić information content (AvgIpc) is 3.43. The van der Waals surface area contributed by atoms with Gasteiger partial charge in [-0.15, -0.1) is 0 Å². The summed E-state index contributed by atoms with van der Waals surface area (Å²) >= 11 is 0. The number of aromatic hydroxyl groups is 1. The van der Waals surface area contributed by atoms with Gasteiger partial charge in [0.25, 0.3) is 0 Å². The van der Waals surface area contributed by atoms with Crippen molar-refractivity contribution in [1.82, 2.24) is 15.4 Å². The van der Waals surface area contributed by atoms with Gasteiger partial charge in [0.15, 0.2) is 11.5 Å². The molecule has 1 aromatic heterocycles. The fourth-order valence-electron chi connectivity index (χ4n) is 4.01. The highest BCUT2D eigenvalue weighted by atomic mass is 16.5. The Bertz CT molecular complexity index is 1390. The summed E-state index contributed by atoms with van der Waals surface area (Å²) in [5.41, 5.74) is 9.83. The van der Waals surface area contributed by atoms with Crippen LogP contribution in [0.1, 0.15) is 5.56 Å². The number of rotatable bonds is 10. The molecule has 0 bridgehead atoms. The number of methoxy groups -OCH3 is 4. The van der Waals surface area contributed by atoms with E-state index in [1.807, 2.05) is 6.07 Å². The molecule has 0 saturated carbocycles. The predicted molar refractivity (Wildman–Crippen MR) is 142 cm³/mol. The highest BCUT2D eigenvalue weighted by molar-refractivity contribution is 5.97. The summed E-state index contributed by atoms with van der Waals surface area (Å²) in [5, 5.41) is 23.7. The maximum atomic E-state index is 12.9. The number of nitrogens with zero attached hydrogens (tertiary/aromatic N) is 2. The van der Waals surface area contributed by atoms with Crippen molar-refractivity contribution in [2.45, 2.75) is 12.5 Å². The molecule has 198 valence electrons. The summed E-state index contributed by atoms with van der Waals surface area (Å²) in [5.74, 6) is 1.62. The lowest BCUT2D eigenvalue weighted by Gasteiger charge is -2.16. The number of nitrogens with one attached hydrogen (secondary N) is 2. The van der Waals surface area contributed by atoms with Gasteiger partial charge in [0, 0.05) is 11.1 Å². The van der Waals surface area contributed by atoms with E-state index in [4.69, 9.17) is 24.7 Å². The van der Waals surface area contributed by atoms with E-state index >= 15 is 0 Å². The van der Waals surface area contributed by atoms with Crippen LogP contribution < -0.4 is 30.0 Å². The third-order valence-corrected chi connectivity index (χ3v) is 5.95. The van der Waals surface area contributed by atoms with Crippen LogP contribution in [0.25, 0.3) is 22.5 Å². The molecule has 11 nitrogen and oxygen atoms in total. The number of ether oxygens (including phenoxy) is 4. The van der Waals surface area contributed by atoms with E-state index in [0.717, 1.165) is 5.56 Å². The SMILES string of the molecule is COc1ccc(-c2n[nH]nc2-c2cc(OC)c(OC)c(OC)c2)cc1NC(=O)C(N)Cc1ccc(O)cc1. The molecule has 38 heavy (non-hydrogen) atoms. The fraction of sp³-hybridized carbons (Fsp3) is 0.222. The van der Waals surface area contributed by atoms with E-state index in [0.29, 0.717) is 57.6 Å². The molecule has 5 N–H and O–H groups in total. The maximum absolute atomic E-state index is 12.9. The summed E-state index contributed by atoms with van der Waals surface area (Å²) in [7, 11) is 6.12. The van der Waals surface area contributed by atoms with E-state index < -0.39 is 11.9 Å². The number of aromatic nitrogens is 3. The van der Waals surface area contributed by atoms with Crippen LogP contribution in [0.15, 0.2) is 54.6 Å². The number of nitrogens with two attached hydrogens (primary N) is 1. The Balaban J connectivity index is 1.64. The van der Waals surface area contributed by atoms with Crippen LogP contribution >= 0.6 is 0 Å². The van der Waals surface area contributed by atoms with Gasteiger partial charge in [0.1, 0.15) is 22.9 Å². The predicted octanol–water partition coefficient (Wildman–Crippen LogP) is 3.39. The third-order valence-electron chi connectivity index (χ3n) is 5.95. The Morgan fingerprint density at radius 2 is 1.47 bits per heavy atom. The Hall–Kier alpha value is -4.77. The molecular weight excluding hydrogens is 490 g/mol. The minimum Gasteiger partial charge on any atom is -0.508 e. The maximum Gasteiger partial charge on any atom is 0.241 e. The first-order chi connectivity index (χ1) is 18.4. The molecule has 11 heteroatoms. The number of anilines is 1. The van der Waals surface area contributed by atoms with Crippen LogP contribution in [0, 0.1) is 0 Å². The topological polar surface area (TPSA) is 154 Å². The second-order valence-corrected chi connectivity index (χ2v) is 8.32. The van der Waals surface area contributed by atoms with Crippen molar-refractivity contribution >= 4 is 11.6 Å². The molecule has 0 fully saturated rings. The summed E-state index contributed by atoms with van der Waals surface area (Å²) in [6, 6.07) is 14.5. The number of H-pyrrole nitrogens is 1. The molecule has 0 aliphatic rings. The van der Waals surface area contributed by atoms with E-state index in [1.54, 1.807) is 48.5 Å². The first-order valence-electron chi connectivity index (χ1n) is 11.6.